The Bertz CT molecular complexity index is 439. The highest BCUT2D eigenvalue weighted by Crippen LogP contribution is 2.27. The van der Waals surface area contributed by atoms with Crippen molar-refractivity contribution in [1.29, 1.82) is 0 Å². The van der Waals surface area contributed by atoms with E-state index in [0.717, 1.165) is 36.5 Å². The number of Topliss-reactive ketones (excluding diaryl/α,β-unsaturated/α-hetero) is 1. The predicted octanol–water partition coefficient (Wildman–Crippen LogP) is 3.67. The van der Waals surface area contributed by atoms with Crippen LogP contribution in [0.4, 0.5) is 5.69 Å². The first-order valence-electron chi connectivity index (χ1n) is 6.21. The number of carbonyl (C=O) groups excluding carboxylic acids is 1. The highest BCUT2D eigenvalue weighted by Gasteiger charge is 2.24. The van der Waals surface area contributed by atoms with Gasteiger partial charge < -0.3 is 4.90 Å². The summed E-state index contributed by atoms with van der Waals surface area (Å²) in [5.41, 5.74) is 2.28. The van der Waals surface area contributed by atoms with Crippen molar-refractivity contribution in [3.63, 3.8) is 0 Å². The summed E-state index contributed by atoms with van der Waals surface area (Å²) >= 11 is 11.6. The van der Waals surface area contributed by atoms with Crippen molar-refractivity contribution in [3.05, 3.63) is 28.8 Å². The van der Waals surface area contributed by atoms with Crippen LogP contribution in [0, 0.1) is 12.8 Å². The van der Waals surface area contributed by atoms with Crippen LogP contribution in [0.25, 0.3) is 0 Å². The standard InChI is InChI=1S/C14H17Cl2NO/c1-10-8-12(2-3-13(10)16)17-6-4-11(5-7-17)14(18)9-15/h2-3,8,11H,4-7,9H2,1H3. The molecule has 1 aromatic rings. The van der Waals surface area contributed by atoms with Crippen molar-refractivity contribution >= 4 is 34.7 Å². The van der Waals surface area contributed by atoms with Crippen LogP contribution in [0.3, 0.4) is 0 Å². The van der Waals surface area contributed by atoms with Gasteiger partial charge in [-0.2, -0.15) is 0 Å². The SMILES string of the molecule is Cc1cc(N2CCC(C(=O)CCl)CC2)ccc1Cl. The third kappa shape index (κ3) is 2.99. The Labute approximate surface area is 118 Å². The van der Waals surface area contributed by atoms with Gasteiger partial charge in [0.15, 0.2) is 5.78 Å². The van der Waals surface area contributed by atoms with Crippen molar-refractivity contribution in [2.24, 2.45) is 5.92 Å². The number of hydrogen-bond donors (Lipinski definition) is 0. The molecule has 18 heavy (non-hydrogen) atoms. The average molecular weight is 286 g/mol. The zero-order valence-electron chi connectivity index (χ0n) is 10.5. The van der Waals surface area contributed by atoms with Gasteiger partial charge in [-0.1, -0.05) is 11.6 Å². The lowest BCUT2D eigenvalue weighted by molar-refractivity contribution is -0.120. The third-order valence-corrected chi connectivity index (χ3v) is 4.28. The van der Waals surface area contributed by atoms with E-state index in [9.17, 15) is 4.79 Å². The summed E-state index contributed by atoms with van der Waals surface area (Å²) in [6.07, 6.45) is 1.79. The van der Waals surface area contributed by atoms with Crippen molar-refractivity contribution in [3.8, 4) is 0 Å². The van der Waals surface area contributed by atoms with Crippen LogP contribution < -0.4 is 4.90 Å². The fraction of sp³-hybridized carbons (Fsp3) is 0.500. The van der Waals surface area contributed by atoms with E-state index in [2.05, 4.69) is 11.0 Å². The lowest BCUT2D eigenvalue weighted by Crippen LogP contribution is -2.36. The van der Waals surface area contributed by atoms with Gasteiger partial charge in [-0.05, 0) is 43.5 Å². The molecule has 0 aliphatic carbocycles. The monoisotopic (exact) mass is 285 g/mol. The number of nitrogens with zero attached hydrogens (tertiary/aromatic N) is 1. The number of hydrogen-bond acceptors (Lipinski definition) is 2. The Morgan fingerprint density at radius 2 is 2.06 bits per heavy atom. The van der Waals surface area contributed by atoms with E-state index >= 15 is 0 Å². The van der Waals surface area contributed by atoms with Gasteiger partial charge in [0.2, 0.25) is 0 Å². The van der Waals surface area contributed by atoms with Crippen molar-refractivity contribution in [1.82, 2.24) is 0 Å². The average Bonchev–Trinajstić information content (AvgIpc) is 2.41. The van der Waals surface area contributed by atoms with Gasteiger partial charge >= 0.3 is 0 Å². The minimum Gasteiger partial charge on any atom is -0.371 e. The number of piperidine rings is 1. The van der Waals surface area contributed by atoms with Gasteiger partial charge in [-0.25, -0.2) is 0 Å². The number of carbonyl (C=O) groups is 1. The van der Waals surface area contributed by atoms with Crippen LogP contribution >= 0.6 is 23.2 Å². The molecule has 0 atom stereocenters. The van der Waals surface area contributed by atoms with Gasteiger partial charge in [0.05, 0.1) is 5.88 Å². The van der Waals surface area contributed by atoms with Crippen LogP contribution in [0.2, 0.25) is 5.02 Å². The molecule has 1 heterocycles. The second-order valence-corrected chi connectivity index (χ2v) is 5.47. The van der Waals surface area contributed by atoms with E-state index in [0.29, 0.717) is 0 Å². The first-order chi connectivity index (χ1) is 8.61. The number of ketones is 1. The number of anilines is 1. The van der Waals surface area contributed by atoms with Crippen molar-refractivity contribution in [2.45, 2.75) is 19.8 Å². The number of halogens is 2. The summed E-state index contributed by atoms with van der Waals surface area (Å²) < 4.78 is 0. The summed E-state index contributed by atoms with van der Waals surface area (Å²) in [6, 6.07) is 6.08. The largest absolute Gasteiger partial charge is 0.371 e. The second-order valence-electron chi connectivity index (χ2n) is 4.79. The summed E-state index contributed by atoms with van der Waals surface area (Å²) in [5.74, 6) is 0.473. The first kappa shape index (κ1) is 13.7. The zero-order valence-corrected chi connectivity index (χ0v) is 12.0. The van der Waals surface area contributed by atoms with Gasteiger partial charge in [0.1, 0.15) is 0 Å². The zero-order chi connectivity index (χ0) is 13.1. The topological polar surface area (TPSA) is 20.3 Å². The van der Waals surface area contributed by atoms with Gasteiger partial charge in [0.25, 0.3) is 0 Å². The molecule has 1 saturated heterocycles. The molecule has 0 saturated carbocycles. The Hall–Kier alpha value is -0.730. The molecule has 0 amide bonds. The van der Waals surface area contributed by atoms with E-state index in [1.807, 2.05) is 19.1 Å². The van der Waals surface area contributed by atoms with E-state index in [1.165, 1.54) is 5.69 Å². The Morgan fingerprint density at radius 3 is 2.61 bits per heavy atom. The van der Waals surface area contributed by atoms with Crippen LogP contribution in [-0.2, 0) is 4.79 Å². The fourth-order valence-corrected chi connectivity index (χ4v) is 2.73. The highest BCUT2D eigenvalue weighted by molar-refractivity contribution is 6.31. The second kappa shape index (κ2) is 5.94. The van der Waals surface area contributed by atoms with Crippen molar-refractivity contribution in [2.75, 3.05) is 23.9 Å². The fourth-order valence-electron chi connectivity index (χ4n) is 2.39. The number of alkyl halides is 1. The van der Waals surface area contributed by atoms with Gasteiger partial charge in [-0.3, -0.25) is 4.79 Å². The van der Waals surface area contributed by atoms with E-state index in [4.69, 9.17) is 23.2 Å². The van der Waals surface area contributed by atoms with Crippen LogP contribution in [0.5, 0.6) is 0 Å². The molecule has 1 aromatic carbocycles. The molecule has 0 unspecified atom stereocenters. The molecule has 0 bridgehead atoms. The number of rotatable bonds is 3. The smallest absolute Gasteiger partial charge is 0.150 e. The highest BCUT2D eigenvalue weighted by atomic mass is 35.5. The minimum absolute atomic E-state index is 0.144. The molecule has 1 aliphatic heterocycles. The molecule has 2 nitrogen and oxygen atoms in total. The summed E-state index contributed by atoms with van der Waals surface area (Å²) in [6.45, 7) is 3.83. The number of aryl methyl sites for hydroxylation is 1. The molecule has 1 aliphatic rings. The normalized spacial score (nSPS) is 16.9. The minimum atomic E-state index is 0.144. The molecular formula is C14H17Cl2NO. The summed E-state index contributed by atoms with van der Waals surface area (Å²) in [5, 5.41) is 0.797. The molecular weight excluding hydrogens is 269 g/mol. The Morgan fingerprint density at radius 1 is 1.39 bits per heavy atom. The Balaban J connectivity index is 2.01. The quantitative estimate of drug-likeness (QED) is 0.790. The molecule has 1 fully saturated rings. The maximum absolute atomic E-state index is 11.5. The summed E-state index contributed by atoms with van der Waals surface area (Å²) in [4.78, 5) is 13.8. The molecule has 0 aromatic heterocycles. The van der Waals surface area contributed by atoms with E-state index in [1.54, 1.807) is 0 Å². The van der Waals surface area contributed by atoms with Crippen LogP contribution in [0.1, 0.15) is 18.4 Å². The third-order valence-electron chi connectivity index (χ3n) is 3.59. The van der Waals surface area contributed by atoms with E-state index in [-0.39, 0.29) is 17.6 Å². The summed E-state index contributed by atoms with van der Waals surface area (Å²) in [7, 11) is 0. The van der Waals surface area contributed by atoms with Crippen LogP contribution in [0.15, 0.2) is 18.2 Å². The van der Waals surface area contributed by atoms with Gasteiger partial charge in [-0.15, -0.1) is 11.6 Å². The van der Waals surface area contributed by atoms with Crippen LogP contribution in [-0.4, -0.2) is 24.8 Å². The molecule has 4 heteroatoms. The van der Waals surface area contributed by atoms with Crippen molar-refractivity contribution < 1.29 is 4.79 Å². The lowest BCUT2D eigenvalue weighted by atomic mass is 9.93. The van der Waals surface area contributed by atoms with Gasteiger partial charge in [0, 0.05) is 29.7 Å². The molecule has 2 rings (SSSR count). The molecule has 98 valence electrons. The predicted molar refractivity (Wildman–Crippen MR) is 76.9 cm³/mol. The lowest BCUT2D eigenvalue weighted by Gasteiger charge is -2.33. The first-order valence-corrected chi connectivity index (χ1v) is 7.13. The molecule has 0 radical (unpaired) electrons. The maximum atomic E-state index is 11.5. The van der Waals surface area contributed by atoms with E-state index < -0.39 is 0 Å². The number of benzene rings is 1. The molecule has 0 spiro atoms. The maximum Gasteiger partial charge on any atom is 0.150 e. The Kier molecular flexibility index (Phi) is 4.52. The molecule has 0 N–H and O–H groups in total.